The Kier molecular flexibility index (Phi) is 2.76. The molecule has 1 unspecified atom stereocenters. The average molecular weight is 205 g/mol. The van der Waals surface area contributed by atoms with Gasteiger partial charge in [-0.1, -0.05) is 6.07 Å². The smallest absolute Gasteiger partial charge is 0.0494 e. The molecule has 1 fully saturated rings. The normalized spacial score (nSPS) is 27.1. The van der Waals surface area contributed by atoms with E-state index in [9.17, 15) is 0 Å². The van der Waals surface area contributed by atoms with E-state index < -0.39 is 0 Å². The molecular formula is C12H19N3. The van der Waals surface area contributed by atoms with E-state index in [1.807, 2.05) is 13.0 Å². The molecule has 15 heavy (non-hydrogen) atoms. The summed E-state index contributed by atoms with van der Waals surface area (Å²) in [5, 5.41) is 0. The van der Waals surface area contributed by atoms with Gasteiger partial charge in [0.25, 0.3) is 0 Å². The van der Waals surface area contributed by atoms with Crippen molar-refractivity contribution in [1.29, 1.82) is 0 Å². The second kappa shape index (κ2) is 3.91. The summed E-state index contributed by atoms with van der Waals surface area (Å²) in [6.07, 6.45) is 1.12. The third-order valence-corrected chi connectivity index (χ3v) is 3.37. The van der Waals surface area contributed by atoms with E-state index in [1.165, 1.54) is 0 Å². The van der Waals surface area contributed by atoms with Crippen LogP contribution in [0.1, 0.15) is 17.8 Å². The summed E-state index contributed by atoms with van der Waals surface area (Å²) >= 11 is 0. The highest BCUT2D eigenvalue weighted by molar-refractivity contribution is 5.23. The van der Waals surface area contributed by atoms with Crippen LogP contribution in [0.15, 0.2) is 18.2 Å². The molecule has 0 aromatic carbocycles. The molecule has 82 valence electrons. The molecule has 1 aliphatic rings. The zero-order valence-corrected chi connectivity index (χ0v) is 9.53. The second-order valence-corrected chi connectivity index (χ2v) is 4.64. The van der Waals surface area contributed by atoms with Crippen LogP contribution in [0.4, 0.5) is 0 Å². The third-order valence-electron chi connectivity index (χ3n) is 3.37. The van der Waals surface area contributed by atoms with Crippen molar-refractivity contribution in [3.8, 4) is 0 Å². The highest BCUT2D eigenvalue weighted by Gasteiger charge is 2.38. The first-order valence-electron chi connectivity index (χ1n) is 5.49. The highest BCUT2D eigenvalue weighted by Crippen LogP contribution is 2.31. The summed E-state index contributed by atoms with van der Waals surface area (Å²) in [5.74, 6) is 0. The van der Waals surface area contributed by atoms with Gasteiger partial charge < -0.3 is 10.6 Å². The molecule has 1 saturated heterocycles. The van der Waals surface area contributed by atoms with Gasteiger partial charge in [-0.2, -0.15) is 0 Å². The van der Waals surface area contributed by atoms with Gasteiger partial charge in [-0.3, -0.25) is 4.98 Å². The lowest BCUT2D eigenvalue weighted by Crippen LogP contribution is -2.38. The molecule has 3 nitrogen and oxygen atoms in total. The van der Waals surface area contributed by atoms with Gasteiger partial charge in [-0.25, -0.2) is 0 Å². The Morgan fingerprint density at radius 1 is 1.53 bits per heavy atom. The summed E-state index contributed by atoms with van der Waals surface area (Å²) in [4.78, 5) is 6.96. The summed E-state index contributed by atoms with van der Waals surface area (Å²) in [5.41, 5.74) is 8.27. The molecule has 0 aliphatic carbocycles. The highest BCUT2D eigenvalue weighted by atomic mass is 15.1. The number of likely N-dealkylation sites (N-methyl/N-ethyl adjacent to an activating group) is 1. The van der Waals surface area contributed by atoms with Gasteiger partial charge in [-0.05, 0) is 39.1 Å². The number of pyridine rings is 1. The fourth-order valence-electron chi connectivity index (χ4n) is 2.40. The lowest BCUT2D eigenvalue weighted by Gasteiger charge is -2.26. The van der Waals surface area contributed by atoms with Gasteiger partial charge in [0.15, 0.2) is 0 Å². The summed E-state index contributed by atoms with van der Waals surface area (Å²) < 4.78 is 0. The maximum absolute atomic E-state index is 5.95. The van der Waals surface area contributed by atoms with Crippen molar-refractivity contribution in [3.63, 3.8) is 0 Å². The monoisotopic (exact) mass is 205 g/mol. The van der Waals surface area contributed by atoms with Crippen LogP contribution in [0.3, 0.4) is 0 Å². The fraction of sp³-hybridized carbons (Fsp3) is 0.583. The molecule has 1 atom stereocenters. The Morgan fingerprint density at radius 2 is 2.33 bits per heavy atom. The quantitative estimate of drug-likeness (QED) is 0.780. The maximum Gasteiger partial charge on any atom is 0.0494 e. The number of nitrogens with zero attached hydrogens (tertiary/aromatic N) is 2. The zero-order valence-electron chi connectivity index (χ0n) is 9.53. The van der Waals surface area contributed by atoms with E-state index in [-0.39, 0.29) is 5.41 Å². The van der Waals surface area contributed by atoms with Gasteiger partial charge in [0.2, 0.25) is 0 Å². The maximum atomic E-state index is 5.95. The number of aromatic nitrogens is 1. The predicted octanol–water partition coefficient (Wildman–Crippen LogP) is 0.922. The van der Waals surface area contributed by atoms with E-state index >= 15 is 0 Å². The van der Waals surface area contributed by atoms with Gasteiger partial charge in [0, 0.05) is 29.9 Å². The SMILES string of the molecule is Cc1cccc(C2(CN)CCN(C)C2)n1. The van der Waals surface area contributed by atoms with E-state index in [0.29, 0.717) is 6.54 Å². The van der Waals surface area contributed by atoms with E-state index in [1.54, 1.807) is 0 Å². The van der Waals surface area contributed by atoms with Crippen molar-refractivity contribution >= 4 is 0 Å². The minimum Gasteiger partial charge on any atom is -0.329 e. The average Bonchev–Trinajstić information content (AvgIpc) is 2.61. The van der Waals surface area contributed by atoms with Crippen LogP contribution in [0, 0.1) is 6.92 Å². The first-order chi connectivity index (χ1) is 7.16. The minimum atomic E-state index is 0.0841. The van der Waals surface area contributed by atoms with Crippen LogP contribution < -0.4 is 5.73 Å². The second-order valence-electron chi connectivity index (χ2n) is 4.64. The van der Waals surface area contributed by atoms with Crippen molar-refractivity contribution < 1.29 is 0 Å². The minimum absolute atomic E-state index is 0.0841. The van der Waals surface area contributed by atoms with E-state index in [2.05, 4.69) is 29.1 Å². The molecule has 0 amide bonds. The number of hydrogen-bond donors (Lipinski definition) is 1. The largest absolute Gasteiger partial charge is 0.329 e. The van der Waals surface area contributed by atoms with Crippen molar-refractivity contribution in [2.24, 2.45) is 5.73 Å². The van der Waals surface area contributed by atoms with Crippen LogP contribution >= 0.6 is 0 Å². The molecule has 1 aliphatic heterocycles. The van der Waals surface area contributed by atoms with Crippen LogP contribution in [-0.4, -0.2) is 36.6 Å². The number of aryl methyl sites for hydroxylation is 1. The lowest BCUT2D eigenvalue weighted by molar-refractivity contribution is 0.366. The number of hydrogen-bond acceptors (Lipinski definition) is 3. The van der Waals surface area contributed by atoms with Crippen LogP contribution in [0.2, 0.25) is 0 Å². The number of rotatable bonds is 2. The fourth-order valence-corrected chi connectivity index (χ4v) is 2.40. The van der Waals surface area contributed by atoms with Crippen molar-refractivity contribution in [2.75, 3.05) is 26.7 Å². The Hall–Kier alpha value is -0.930. The summed E-state index contributed by atoms with van der Waals surface area (Å²) in [7, 11) is 2.15. The first-order valence-corrected chi connectivity index (χ1v) is 5.49. The molecule has 3 heteroatoms. The molecule has 0 radical (unpaired) electrons. The van der Waals surface area contributed by atoms with Gasteiger partial charge >= 0.3 is 0 Å². The third kappa shape index (κ3) is 1.90. The first kappa shape index (κ1) is 10.6. The Morgan fingerprint density at radius 3 is 2.87 bits per heavy atom. The van der Waals surface area contributed by atoms with E-state index in [0.717, 1.165) is 30.9 Å². The zero-order chi connectivity index (χ0) is 10.9. The molecule has 0 saturated carbocycles. The molecule has 1 aromatic heterocycles. The molecule has 0 spiro atoms. The Labute approximate surface area is 91.3 Å². The molecule has 0 bridgehead atoms. The number of likely N-dealkylation sites (tertiary alicyclic amines) is 1. The van der Waals surface area contributed by atoms with Crippen molar-refractivity contribution in [2.45, 2.75) is 18.8 Å². The number of nitrogens with two attached hydrogens (primary N) is 1. The summed E-state index contributed by atoms with van der Waals surface area (Å²) in [6.45, 7) is 4.87. The van der Waals surface area contributed by atoms with Crippen molar-refractivity contribution in [3.05, 3.63) is 29.6 Å². The van der Waals surface area contributed by atoms with E-state index in [4.69, 9.17) is 5.73 Å². The lowest BCUT2D eigenvalue weighted by atomic mass is 9.83. The van der Waals surface area contributed by atoms with Gasteiger partial charge in [0.05, 0.1) is 0 Å². The van der Waals surface area contributed by atoms with Gasteiger partial charge in [0.1, 0.15) is 0 Å². The predicted molar refractivity (Wildman–Crippen MR) is 61.8 cm³/mol. The van der Waals surface area contributed by atoms with Crippen LogP contribution in [-0.2, 0) is 5.41 Å². The van der Waals surface area contributed by atoms with Gasteiger partial charge in [-0.15, -0.1) is 0 Å². The van der Waals surface area contributed by atoms with Crippen LogP contribution in [0.25, 0.3) is 0 Å². The van der Waals surface area contributed by atoms with Crippen LogP contribution in [0.5, 0.6) is 0 Å². The molecule has 2 heterocycles. The standard InChI is InChI=1S/C12H19N3/c1-10-4-3-5-11(14-10)12(8-13)6-7-15(2)9-12/h3-5H,6-9,13H2,1-2H3. The Bertz CT molecular complexity index is 350. The Balaban J connectivity index is 2.34. The molecule has 2 rings (SSSR count). The summed E-state index contributed by atoms with van der Waals surface area (Å²) in [6, 6.07) is 6.22. The topological polar surface area (TPSA) is 42.1 Å². The molecular weight excluding hydrogens is 186 g/mol. The molecule has 2 N–H and O–H groups in total. The van der Waals surface area contributed by atoms with Crippen molar-refractivity contribution in [1.82, 2.24) is 9.88 Å². The molecule has 1 aromatic rings.